The van der Waals surface area contributed by atoms with Gasteiger partial charge in [0.15, 0.2) is 11.5 Å². The van der Waals surface area contributed by atoms with E-state index in [0.717, 1.165) is 16.8 Å². The monoisotopic (exact) mass is 434 g/mol. The summed E-state index contributed by atoms with van der Waals surface area (Å²) in [5, 5.41) is 2.45. The average molecular weight is 435 g/mol. The fourth-order valence-corrected chi connectivity index (χ4v) is 4.07. The fraction of sp³-hybridized carbons (Fsp3) is 0.167. The Morgan fingerprint density at radius 1 is 1.06 bits per heavy atom. The molecule has 0 spiro atoms. The Morgan fingerprint density at radius 2 is 1.87 bits per heavy atom. The van der Waals surface area contributed by atoms with Crippen LogP contribution in [0.15, 0.2) is 70.7 Å². The zero-order chi connectivity index (χ0) is 21.8. The highest BCUT2D eigenvalue weighted by molar-refractivity contribution is 7.13. The number of hydrogen-bond acceptors (Lipinski definition) is 6. The van der Waals surface area contributed by atoms with Crippen LogP contribution in [0.5, 0.6) is 11.5 Å². The summed E-state index contributed by atoms with van der Waals surface area (Å²) in [4.78, 5) is 19.7. The highest BCUT2D eigenvalue weighted by atomic mass is 32.1. The van der Waals surface area contributed by atoms with E-state index < -0.39 is 0 Å². The van der Waals surface area contributed by atoms with E-state index >= 15 is 0 Å². The second-order valence-electron chi connectivity index (χ2n) is 6.89. The number of anilines is 1. The first-order valence-electron chi connectivity index (χ1n) is 9.68. The van der Waals surface area contributed by atoms with Crippen molar-refractivity contribution in [1.29, 1.82) is 0 Å². The van der Waals surface area contributed by atoms with Crippen molar-refractivity contribution in [1.82, 2.24) is 4.98 Å². The highest BCUT2D eigenvalue weighted by Gasteiger charge is 2.23. The number of benzene rings is 2. The van der Waals surface area contributed by atoms with Crippen molar-refractivity contribution < 1.29 is 18.7 Å². The molecule has 0 N–H and O–H groups in total. The molecule has 0 unspecified atom stereocenters. The van der Waals surface area contributed by atoms with E-state index in [9.17, 15) is 4.79 Å². The Labute approximate surface area is 184 Å². The Bertz CT molecular complexity index is 1170. The summed E-state index contributed by atoms with van der Waals surface area (Å²) < 4.78 is 16.4. The molecule has 0 saturated carbocycles. The lowest BCUT2D eigenvalue weighted by Crippen LogP contribution is -2.30. The smallest absolute Gasteiger partial charge is 0.278 e. The van der Waals surface area contributed by atoms with Crippen molar-refractivity contribution >= 4 is 22.9 Å². The minimum atomic E-state index is -0.204. The molecule has 0 aliphatic carbocycles. The van der Waals surface area contributed by atoms with E-state index in [1.54, 1.807) is 30.8 Å². The average Bonchev–Trinajstić information content (AvgIpc) is 3.49. The van der Waals surface area contributed by atoms with E-state index in [1.165, 1.54) is 11.3 Å². The number of carbonyl (C=O) groups is 1. The van der Waals surface area contributed by atoms with Crippen LogP contribution in [0.25, 0.3) is 10.6 Å². The maximum absolute atomic E-state index is 13.5. The third kappa shape index (κ3) is 4.32. The number of furan rings is 1. The summed E-state index contributed by atoms with van der Waals surface area (Å²) in [6.07, 6.45) is 1.60. The van der Waals surface area contributed by atoms with Crippen LogP contribution >= 0.6 is 11.3 Å². The number of aromatic nitrogens is 1. The van der Waals surface area contributed by atoms with Gasteiger partial charge < -0.3 is 13.9 Å². The number of para-hydroxylation sites is 1. The number of thiazole rings is 1. The Balaban J connectivity index is 1.69. The summed E-state index contributed by atoms with van der Waals surface area (Å²) in [7, 11) is 3.18. The van der Waals surface area contributed by atoms with Gasteiger partial charge in [0.2, 0.25) is 0 Å². The molecule has 1 amide bonds. The lowest BCUT2D eigenvalue weighted by Gasteiger charge is -2.21. The first kappa shape index (κ1) is 20.7. The normalized spacial score (nSPS) is 10.7. The summed E-state index contributed by atoms with van der Waals surface area (Å²) in [6, 6.07) is 17.1. The van der Waals surface area contributed by atoms with Crippen LogP contribution < -0.4 is 14.4 Å². The molecule has 0 aliphatic rings. The van der Waals surface area contributed by atoms with Crippen LogP contribution in [-0.4, -0.2) is 25.1 Å². The SMILES string of the molecule is COc1cccc(-c2nc(C(=O)N(Cc3ccco3)c3ccc(C)cc3)cs2)c1OC. The van der Waals surface area contributed by atoms with Gasteiger partial charge in [-0.3, -0.25) is 9.69 Å². The first-order valence-corrected chi connectivity index (χ1v) is 10.6. The third-order valence-electron chi connectivity index (χ3n) is 4.84. The van der Waals surface area contributed by atoms with Gasteiger partial charge in [-0.1, -0.05) is 23.8 Å². The number of carbonyl (C=O) groups excluding carboxylic acids is 1. The van der Waals surface area contributed by atoms with Gasteiger partial charge in [0.05, 0.1) is 32.6 Å². The lowest BCUT2D eigenvalue weighted by atomic mass is 10.2. The molecule has 0 bridgehead atoms. The number of aryl methyl sites for hydroxylation is 1. The molecule has 0 atom stereocenters. The second kappa shape index (κ2) is 9.06. The zero-order valence-electron chi connectivity index (χ0n) is 17.5. The summed E-state index contributed by atoms with van der Waals surface area (Å²) >= 11 is 1.39. The van der Waals surface area contributed by atoms with Crippen molar-refractivity contribution in [3.63, 3.8) is 0 Å². The molecule has 4 aromatic rings. The minimum Gasteiger partial charge on any atom is -0.493 e. The van der Waals surface area contributed by atoms with Gasteiger partial charge >= 0.3 is 0 Å². The van der Waals surface area contributed by atoms with Crippen LogP contribution in [0.1, 0.15) is 21.8 Å². The van der Waals surface area contributed by atoms with E-state index in [1.807, 2.05) is 61.5 Å². The van der Waals surface area contributed by atoms with Crippen molar-refractivity contribution in [2.24, 2.45) is 0 Å². The molecule has 0 radical (unpaired) electrons. The number of ether oxygens (including phenoxy) is 2. The Morgan fingerprint density at radius 3 is 2.55 bits per heavy atom. The third-order valence-corrected chi connectivity index (χ3v) is 5.72. The molecule has 2 aromatic carbocycles. The van der Waals surface area contributed by atoms with Crippen LogP contribution in [0.4, 0.5) is 5.69 Å². The van der Waals surface area contributed by atoms with E-state index in [-0.39, 0.29) is 5.91 Å². The van der Waals surface area contributed by atoms with Crippen LogP contribution in [0.2, 0.25) is 0 Å². The summed E-state index contributed by atoms with van der Waals surface area (Å²) in [6.45, 7) is 2.32. The maximum Gasteiger partial charge on any atom is 0.278 e. The predicted octanol–water partition coefficient (Wildman–Crippen LogP) is 5.58. The standard InChI is InChI=1S/C24H22N2O4S/c1-16-9-11-17(12-10-16)26(14-18-6-5-13-30-18)24(27)20-15-31-23(25-20)19-7-4-8-21(28-2)22(19)29-3/h4-13,15H,14H2,1-3H3. The predicted molar refractivity (Wildman–Crippen MR) is 121 cm³/mol. The Hall–Kier alpha value is -3.58. The van der Waals surface area contributed by atoms with Crippen molar-refractivity contribution in [2.45, 2.75) is 13.5 Å². The molecular weight excluding hydrogens is 412 g/mol. The molecule has 2 aromatic heterocycles. The van der Waals surface area contributed by atoms with Gasteiger partial charge in [0, 0.05) is 11.1 Å². The number of amides is 1. The van der Waals surface area contributed by atoms with Crippen molar-refractivity contribution in [3.8, 4) is 22.1 Å². The van der Waals surface area contributed by atoms with E-state index in [4.69, 9.17) is 13.9 Å². The van der Waals surface area contributed by atoms with Crippen LogP contribution in [0.3, 0.4) is 0 Å². The number of methoxy groups -OCH3 is 2. The second-order valence-corrected chi connectivity index (χ2v) is 7.74. The highest BCUT2D eigenvalue weighted by Crippen LogP contribution is 2.39. The van der Waals surface area contributed by atoms with Gasteiger partial charge in [-0.2, -0.15) is 0 Å². The Kier molecular flexibility index (Phi) is 6.04. The summed E-state index contributed by atoms with van der Waals surface area (Å²) in [5.74, 6) is 1.69. The zero-order valence-corrected chi connectivity index (χ0v) is 18.3. The molecule has 158 valence electrons. The summed E-state index contributed by atoms with van der Waals surface area (Å²) in [5.41, 5.74) is 3.03. The lowest BCUT2D eigenvalue weighted by molar-refractivity contribution is 0.0979. The number of hydrogen-bond donors (Lipinski definition) is 0. The molecule has 6 nitrogen and oxygen atoms in total. The number of rotatable bonds is 7. The van der Waals surface area contributed by atoms with Crippen molar-refractivity contribution in [2.75, 3.05) is 19.1 Å². The maximum atomic E-state index is 13.5. The largest absolute Gasteiger partial charge is 0.493 e. The first-order chi connectivity index (χ1) is 15.1. The minimum absolute atomic E-state index is 0.204. The molecule has 2 heterocycles. The molecule has 0 saturated heterocycles. The van der Waals surface area contributed by atoms with Crippen LogP contribution in [0, 0.1) is 6.92 Å². The van der Waals surface area contributed by atoms with Gasteiger partial charge in [-0.25, -0.2) is 4.98 Å². The molecule has 31 heavy (non-hydrogen) atoms. The quantitative estimate of drug-likeness (QED) is 0.380. The molecular formula is C24H22N2O4S. The molecule has 4 rings (SSSR count). The van der Waals surface area contributed by atoms with E-state index in [0.29, 0.717) is 34.5 Å². The van der Waals surface area contributed by atoms with Crippen molar-refractivity contribution in [3.05, 3.63) is 83.3 Å². The van der Waals surface area contributed by atoms with Gasteiger partial charge in [-0.05, 0) is 43.3 Å². The van der Waals surface area contributed by atoms with Gasteiger partial charge in [0.25, 0.3) is 5.91 Å². The molecule has 7 heteroatoms. The topological polar surface area (TPSA) is 64.8 Å². The van der Waals surface area contributed by atoms with Crippen LogP contribution in [-0.2, 0) is 6.54 Å². The molecule has 0 aliphatic heterocycles. The van der Waals surface area contributed by atoms with Gasteiger partial charge in [0.1, 0.15) is 16.5 Å². The number of nitrogens with zero attached hydrogens (tertiary/aromatic N) is 2. The van der Waals surface area contributed by atoms with Gasteiger partial charge in [-0.15, -0.1) is 11.3 Å². The van der Waals surface area contributed by atoms with E-state index in [2.05, 4.69) is 4.98 Å². The fourth-order valence-electron chi connectivity index (χ4n) is 3.25. The molecule has 0 fully saturated rings.